The van der Waals surface area contributed by atoms with Crippen LogP contribution in [0.5, 0.6) is 0 Å². The van der Waals surface area contributed by atoms with Crippen LogP contribution < -0.4 is 5.32 Å². The topological polar surface area (TPSA) is 150 Å². The van der Waals surface area contributed by atoms with Gasteiger partial charge in [0.2, 0.25) is 0 Å². The molecule has 130 heavy (non-hydrogen) atoms. The minimum absolute atomic E-state index is 0.0290. The fraction of sp³-hybridized carbons (Fsp3) is 0.926. The van der Waals surface area contributed by atoms with Crippen LogP contribution in [-0.4, -0.2) is 81.9 Å². The zero-order valence-electron chi connectivity index (χ0n) is 88.7. The van der Waals surface area contributed by atoms with Gasteiger partial charge in [0.15, 0.2) is 0 Å². The Hall–Kier alpha value is -0.897. The van der Waals surface area contributed by atoms with Gasteiger partial charge in [0.25, 0.3) is 0 Å². The molecule has 0 aromatic rings. The number of aliphatic hydroxyl groups is 6. The molecule has 20 saturated carbocycles. The van der Waals surface area contributed by atoms with E-state index >= 15 is 0 Å². The van der Waals surface area contributed by atoms with Gasteiger partial charge in [-0.05, 0) is 494 Å². The quantitative estimate of drug-likeness (QED) is 0.0721. The Morgan fingerprint density at radius 3 is 0.769 bits per heavy atom. The molecule has 40 atom stereocenters. The molecule has 20 rings (SSSR count). The maximum absolute atomic E-state index is 10.9. The van der Waals surface area contributed by atoms with Crippen LogP contribution in [0.4, 0.5) is 0 Å². The van der Waals surface area contributed by atoms with E-state index in [1.54, 1.807) is 0 Å². The third kappa shape index (κ3) is 13.9. The Morgan fingerprint density at radius 1 is 0.277 bits per heavy atom. The molecular formula is C121H202NO7Rh-. The van der Waals surface area contributed by atoms with E-state index in [9.17, 15) is 30.6 Å². The monoisotopic (exact) mass is 1880 g/mol. The van der Waals surface area contributed by atoms with Crippen molar-refractivity contribution in [3.63, 3.8) is 0 Å². The molecule has 0 aromatic carbocycles. The van der Waals surface area contributed by atoms with Crippen molar-refractivity contribution in [2.75, 3.05) is 26.8 Å². The summed E-state index contributed by atoms with van der Waals surface area (Å²) in [5.74, 6) is 14.2. The van der Waals surface area contributed by atoms with E-state index in [-0.39, 0.29) is 56.9 Å². The average Bonchev–Trinajstić information content (AvgIpc) is 1.16. The Bertz CT molecular complexity index is 4080. The summed E-state index contributed by atoms with van der Waals surface area (Å²) in [5, 5.41) is 68.5. The molecule has 7 N–H and O–H groups in total. The first-order valence-electron chi connectivity index (χ1n) is 55.6. The van der Waals surface area contributed by atoms with Crippen molar-refractivity contribution in [3.05, 3.63) is 55.5 Å². The predicted molar refractivity (Wildman–Crippen MR) is 534 cm³/mol. The molecule has 8 nitrogen and oxygen atoms in total. The fourth-order valence-electron chi connectivity index (χ4n) is 46.3. The molecule has 9 heteroatoms. The molecule has 0 bridgehead atoms. The van der Waals surface area contributed by atoms with Crippen molar-refractivity contribution in [2.45, 2.75) is 447 Å². The minimum atomic E-state index is -0.147. The van der Waals surface area contributed by atoms with Crippen LogP contribution in [0.25, 0.3) is 0 Å². The Balaban J connectivity index is 0.000000126. The Kier molecular flexibility index (Phi) is 26.6. The number of aliphatic hydroxyl groups excluding tert-OH is 6. The van der Waals surface area contributed by atoms with E-state index in [2.05, 4.69) is 205 Å². The van der Waals surface area contributed by atoms with Crippen LogP contribution in [0, 0.1) is 234 Å². The zero-order chi connectivity index (χ0) is 95.3. The molecule has 25 unspecified atom stereocenters. The summed E-state index contributed by atoms with van der Waals surface area (Å²) in [5.41, 5.74) is 11.4. The molecule has 0 spiro atoms. The third-order valence-corrected chi connectivity index (χ3v) is 54.0. The van der Waals surface area contributed by atoms with Gasteiger partial charge in [-0.3, -0.25) is 0 Å². The van der Waals surface area contributed by atoms with Crippen molar-refractivity contribution < 1.29 is 52.5 Å². The first-order chi connectivity index (χ1) is 60.4. The van der Waals surface area contributed by atoms with Gasteiger partial charge in [0, 0.05) is 19.8 Å². The summed E-state index contributed by atoms with van der Waals surface area (Å²) in [6, 6.07) is 0. The summed E-state index contributed by atoms with van der Waals surface area (Å²) in [4.78, 5) is 0. The SMILES string of the molecule is C=C(C)C1CC[C@]2(CNC)CCC3(C)C(CCC4[C@@]5(C)CC[C@H](O)C(C)(C)C5CC[C@]43C)C12.C=C(C)C1CC[C@]2(CO)CCC3(C)C(CCC4[C@@]5(C)CC[C@H](O)C(C)(C)C5CC[C@]43C)C12.C=C(C)C1CC[C@]2(CO)CCC3(C)C(CCC4[C@@]5(C)CC[C@H](O)C(C)(C)C5CC[C@]43C)C12.C=C(C)C1CC[C@]2([CH2-])CCC3(C)C(CCC4[C@@]5(C)CCC(O)C(C)(C)C5CC[C@]43C)C12.[O]=[Rh]. The Labute approximate surface area is 808 Å². The van der Waals surface area contributed by atoms with Gasteiger partial charge < -0.3 is 42.9 Å². The van der Waals surface area contributed by atoms with Crippen LogP contribution in [0.3, 0.4) is 0 Å². The molecule has 0 radical (unpaired) electrons. The summed E-state index contributed by atoms with van der Waals surface area (Å²) < 4.78 is 8.14. The van der Waals surface area contributed by atoms with Crippen molar-refractivity contribution >= 4 is 0 Å². The molecule has 0 saturated heterocycles. The van der Waals surface area contributed by atoms with Crippen LogP contribution >= 0.6 is 0 Å². The fourth-order valence-corrected chi connectivity index (χ4v) is 46.3. The number of hydrogen-bond acceptors (Lipinski definition) is 8. The van der Waals surface area contributed by atoms with Gasteiger partial charge in [-0.25, -0.2) is 0 Å². The van der Waals surface area contributed by atoms with E-state index in [1.807, 2.05) is 0 Å². The number of nitrogens with one attached hydrogen (secondary N) is 1. The Morgan fingerprint density at radius 2 is 0.508 bits per heavy atom. The van der Waals surface area contributed by atoms with Crippen LogP contribution in [0.15, 0.2) is 48.6 Å². The first kappa shape index (κ1) is 102. The predicted octanol–water partition coefficient (Wildman–Crippen LogP) is 28.9. The summed E-state index contributed by atoms with van der Waals surface area (Å²) in [7, 11) is 2.17. The van der Waals surface area contributed by atoms with Crippen molar-refractivity contribution in [2.24, 2.45) is 227 Å². The molecule has 0 amide bonds. The van der Waals surface area contributed by atoms with Crippen molar-refractivity contribution in [1.29, 1.82) is 0 Å². The van der Waals surface area contributed by atoms with Gasteiger partial charge in [-0.2, -0.15) is 5.41 Å². The van der Waals surface area contributed by atoms with Gasteiger partial charge in [-0.1, -0.05) is 206 Å². The van der Waals surface area contributed by atoms with E-state index in [0.717, 1.165) is 90.8 Å². The molecule has 20 aliphatic rings. The van der Waals surface area contributed by atoms with E-state index in [1.165, 1.54) is 278 Å². The van der Waals surface area contributed by atoms with Crippen molar-refractivity contribution in [1.82, 2.24) is 5.32 Å². The van der Waals surface area contributed by atoms with Crippen LogP contribution in [0.2, 0.25) is 0 Å². The molecule has 743 valence electrons. The average molecular weight is 1890 g/mol. The third-order valence-electron chi connectivity index (χ3n) is 54.0. The number of allylic oxidation sites excluding steroid dienone is 4. The molecule has 20 fully saturated rings. The second-order valence-corrected chi connectivity index (χ2v) is 58.5. The summed E-state index contributed by atoms with van der Waals surface area (Å²) in [6.07, 6.45) is 50.5. The van der Waals surface area contributed by atoms with Gasteiger partial charge in [0.05, 0.1) is 24.4 Å². The maximum atomic E-state index is 10.9. The van der Waals surface area contributed by atoms with E-state index in [4.69, 9.17) is 10.5 Å². The normalized spacial score (nSPS) is 55.7. The number of fused-ring (bicyclic) bond motifs is 28. The molecule has 0 aliphatic heterocycles. The van der Waals surface area contributed by atoms with Gasteiger partial charge in [0.1, 0.15) is 0 Å². The second kappa shape index (κ2) is 33.9. The van der Waals surface area contributed by atoms with Crippen molar-refractivity contribution in [3.8, 4) is 0 Å². The summed E-state index contributed by atoms with van der Waals surface area (Å²) in [6.45, 7) is 84.8. The molecule has 0 heterocycles. The van der Waals surface area contributed by atoms with E-state index < -0.39 is 0 Å². The molecular weight excluding hydrogens is 1680 g/mol. The first-order valence-corrected chi connectivity index (χ1v) is 56.3. The molecule has 0 aromatic heterocycles. The van der Waals surface area contributed by atoms with E-state index in [0.29, 0.717) is 142 Å². The summed E-state index contributed by atoms with van der Waals surface area (Å²) >= 11 is 1.30. The van der Waals surface area contributed by atoms with Gasteiger partial charge in [-0.15, -0.1) is 0 Å². The van der Waals surface area contributed by atoms with Crippen LogP contribution in [0.1, 0.15) is 423 Å². The van der Waals surface area contributed by atoms with Crippen LogP contribution in [-0.2, 0) is 21.8 Å². The molecule has 20 aliphatic carbocycles. The number of hydrogen-bond donors (Lipinski definition) is 7. The number of rotatable bonds is 8. The zero-order valence-corrected chi connectivity index (χ0v) is 90.4. The second-order valence-electron chi connectivity index (χ2n) is 58.5. The van der Waals surface area contributed by atoms with Gasteiger partial charge >= 0.3 is 21.8 Å². The standard InChI is InChI=1S/C31H53NO.2C30H50O2.C30H49O.O.Rh/c1-20(2)21-11-16-31(19-32-8)18-17-29(6)22(26(21)31)9-10-24-28(5)14-13-25(33)27(3,4)23(28)12-15-30(24,29)7;2*1-19(2)20-10-15-30(18-31)17-16-28(6)21(25(20)30)8-9-23-27(5)13-12-24(32)26(3,4)22(27)11-14-29(23,28)7;1-19(2)20-11-14-27(5)17-18-29(7)21(25(20)27)9-10-23-28(6)15-13-24(31)26(3,4)22(28)12-16-30(23,29)8;;/h21-26,32-33H,1,9-19H2,2-8H3;2*20-25,31-32H,1,8-18H2,2-7H3;20-25,31H,1,5,9-18H2,2-4,6-8H3;;/q;;;-1;;/t21?,22?,23?,24?,25-,26?,28-,29?,30+,31+;2*20?,21?,22?,23?,24-,25?,27-,28?,29+,30+;20?,21?,22?,23?,24?,25?,27-,28+,29?,30-;;/m0001../s1.